The van der Waals surface area contributed by atoms with Crippen molar-refractivity contribution in [1.29, 1.82) is 0 Å². The van der Waals surface area contributed by atoms with Crippen LogP contribution in [0.25, 0.3) is 10.1 Å². The molecule has 0 spiro atoms. The van der Waals surface area contributed by atoms with E-state index in [1.54, 1.807) is 11.3 Å². The summed E-state index contributed by atoms with van der Waals surface area (Å²) in [6.45, 7) is 2.92. The van der Waals surface area contributed by atoms with Gasteiger partial charge in [-0.3, -0.25) is 5.01 Å². The minimum Gasteiger partial charge on any atom is -0.296 e. The lowest BCUT2D eigenvalue weighted by Gasteiger charge is -2.13. The van der Waals surface area contributed by atoms with Crippen molar-refractivity contribution in [2.24, 2.45) is 5.10 Å². The van der Waals surface area contributed by atoms with E-state index < -0.39 is 0 Å². The second-order valence-electron chi connectivity index (χ2n) is 5.23. The zero-order valence-electron chi connectivity index (χ0n) is 12.3. The van der Waals surface area contributed by atoms with E-state index in [2.05, 4.69) is 65.9 Å². The van der Waals surface area contributed by atoms with Crippen molar-refractivity contribution in [3.63, 3.8) is 0 Å². The SMILES string of the molecule is Cc1cccc(/C=N\N(C)Cc2cccc3ccsc23)c1. The molecule has 0 radical (unpaired) electrons. The number of benzene rings is 2. The van der Waals surface area contributed by atoms with Gasteiger partial charge in [-0.2, -0.15) is 5.10 Å². The Balaban J connectivity index is 1.74. The third-order valence-corrected chi connectivity index (χ3v) is 4.41. The third kappa shape index (κ3) is 3.31. The van der Waals surface area contributed by atoms with Crippen molar-refractivity contribution in [3.8, 4) is 0 Å². The van der Waals surface area contributed by atoms with Gasteiger partial charge in [0.25, 0.3) is 0 Å². The van der Waals surface area contributed by atoms with Crippen LogP contribution in [0.2, 0.25) is 0 Å². The molecule has 1 aromatic heterocycles. The van der Waals surface area contributed by atoms with Gasteiger partial charge in [-0.05, 0) is 34.9 Å². The number of aryl methyl sites for hydroxylation is 1. The van der Waals surface area contributed by atoms with Crippen LogP contribution in [0.1, 0.15) is 16.7 Å². The minimum atomic E-state index is 0.820. The highest BCUT2D eigenvalue weighted by Gasteiger charge is 2.03. The molecular formula is C18H18N2S. The molecule has 1 heterocycles. The van der Waals surface area contributed by atoms with Crippen molar-refractivity contribution < 1.29 is 0 Å². The summed E-state index contributed by atoms with van der Waals surface area (Å²) >= 11 is 1.79. The van der Waals surface area contributed by atoms with E-state index in [4.69, 9.17) is 0 Å². The number of rotatable bonds is 4. The Kier molecular flexibility index (Phi) is 4.02. The Morgan fingerprint density at radius 1 is 1.14 bits per heavy atom. The number of hydrogen-bond donors (Lipinski definition) is 0. The topological polar surface area (TPSA) is 15.6 Å². The normalized spacial score (nSPS) is 11.3. The first-order chi connectivity index (χ1) is 10.2. The van der Waals surface area contributed by atoms with Crippen molar-refractivity contribution in [2.45, 2.75) is 13.5 Å². The monoisotopic (exact) mass is 294 g/mol. The lowest BCUT2D eigenvalue weighted by atomic mass is 10.1. The van der Waals surface area contributed by atoms with Gasteiger partial charge in [0.05, 0.1) is 12.8 Å². The average molecular weight is 294 g/mol. The van der Waals surface area contributed by atoms with E-state index in [1.165, 1.54) is 21.2 Å². The highest BCUT2D eigenvalue weighted by atomic mass is 32.1. The predicted octanol–water partition coefficient (Wildman–Crippen LogP) is 4.68. The van der Waals surface area contributed by atoms with Gasteiger partial charge in [0.2, 0.25) is 0 Å². The van der Waals surface area contributed by atoms with E-state index in [9.17, 15) is 0 Å². The summed E-state index contributed by atoms with van der Waals surface area (Å²) in [6, 6.07) is 17.0. The number of nitrogens with zero attached hydrogens (tertiary/aromatic N) is 2. The fourth-order valence-electron chi connectivity index (χ4n) is 2.38. The van der Waals surface area contributed by atoms with E-state index in [0.717, 1.165) is 12.1 Å². The maximum absolute atomic E-state index is 4.53. The van der Waals surface area contributed by atoms with Gasteiger partial charge in [-0.1, -0.05) is 48.0 Å². The van der Waals surface area contributed by atoms with Crippen LogP contribution in [-0.2, 0) is 6.54 Å². The highest BCUT2D eigenvalue weighted by Crippen LogP contribution is 2.25. The van der Waals surface area contributed by atoms with Crippen LogP contribution in [0.5, 0.6) is 0 Å². The second-order valence-corrected chi connectivity index (χ2v) is 6.15. The summed E-state index contributed by atoms with van der Waals surface area (Å²) in [6.07, 6.45) is 1.92. The molecule has 0 saturated carbocycles. The first kappa shape index (κ1) is 13.8. The van der Waals surface area contributed by atoms with Crippen LogP contribution < -0.4 is 0 Å². The van der Waals surface area contributed by atoms with E-state index in [0.29, 0.717) is 0 Å². The van der Waals surface area contributed by atoms with Gasteiger partial charge in [-0.15, -0.1) is 11.3 Å². The highest BCUT2D eigenvalue weighted by molar-refractivity contribution is 7.17. The molecular weight excluding hydrogens is 276 g/mol. The lowest BCUT2D eigenvalue weighted by Crippen LogP contribution is -2.10. The van der Waals surface area contributed by atoms with Gasteiger partial charge in [-0.25, -0.2) is 0 Å². The third-order valence-electron chi connectivity index (χ3n) is 3.41. The van der Waals surface area contributed by atoms with Crippen molar-refractivity contribution >= 4 is 27.6 Å². The Morgan fingerprint density at radius 2 is 2.00 bits per heavy atom. The number of hydrazone groups is 1. The van der Waals surface area contributed by atoms with E-state index in [-0.39, 0.29) is 0 Å². The molecule has 2 aromatic carbocycles. The fourth-order valence-corrected chi connectivity index (χ4v) is 3.29. The van der Waals surface area contributed by atoms with Crippen LogP contribution in [0.15, 0.2) is 59.0 Å². The first-order valence-corrected chi connectivity index (χ1v) is 7.87. The smallest absolute Gasteiger partial charge is 0.0621 e. The molecule has 0 aliphatic rings. The lowest BCUT2D eigenvalue weighted by molar-refractivity contribution is 0.350. The van der Waals surface area contributed by atoms with Gasteiger partial charge in [0, 0.05) is 11.7 Å². The molecule has 3 heteroatoms. The van der Waals surface area contributed by atoms with Crippen LogP contribution >= 0.6 is 11.3 Å². The number of fused-ring (bicyclic) bond motifs is 1. The number of hydrogen-bond acceptors (Lipinski definition) is 3. The van der Waals surface area contributed by atoms with Crippen LogP contribution in [0.3, 0.4) is 0 Å². The van der Waals surface area contributed by atoms with Crippen LogP contribution in [0, 0.1) is 6.92 Å². The maximum Gasteiger partial charge on any atom is 0.0621 e. The maximum atomic E-state index is 4.53. The number of thiophene rings is 1. The molecule has 106 valence electrons. The molecule has 0 unspecified atom stereocenters. The molecule has 0 fully saturated rings. The predicted molar refractivity (Wildman–Crippen MR) is 92.1 cm³/mol. The first-order valence-electron chi connectivity index (χ1n) is 6.99. The van der Waals surface area contributed by atoms with Gasteiger partial charge < -0.3 is 0 Å². The Morgan fingerprint density at radius 3 is 2.86 bits per heavy atom. The second kappa shape index (κ2) is 6.10. The van der Waals surface area contributed by atoms with Gasteiger partial charge in [0.1, 0.15) is 0 Å². The zero-order chi connectivity index (χ0) is 14.7. The van der Waals surface area contributed by atoms with Crippen molar-refractivity contribution in [2.75, 3.05) is 7.05 Å². The molecule has 0 aliphatic carbocycles. The van der Waals surface area contributed by atoms with E-state index >= 15 is 0 Å². The molecule has 2 nitrogen and oxygen atoms in total. The Bertz CT molecular complexity index is 773. The molecule has 0 aliphatic heterocycles. The molecule has 0 bridgehead atoms. The van der Waals surface area contributed by atoms with Gasteiger partial charge >= 0.3 is 0 Å². The van der Waals surface area contributed by atoms with Gasteiger partial charge in [0.15, 0.2) is 0 Å². The molecule has 0 saturated heterocycles. The van der Waals surface area contributed by atoms with Crippen molar-refractivity contribution in [1.82, 2.24) is 5.01 Å². The average Bonchev–Trinajstić information content (AvgIpc) is 2.95. The molecule has 0 atom stereocenters. The van der Waals surface area contributed by atoms with Crippen LogP contribution in [0.4, 0.5) is 0 Å². The fraction of sp³-hybridized carbons (Fsp3) is 0.167. The minimum absolute atomic E-state index is 0.820. The quantitative estimate of drug-likeness (QED) is 0.504. The molecule has 3 aromatic rings. The largest absolute Gasteiger partial charge is 0.296 e. The van der Waals surface area contributed by atoms with E-state index in [1.807, 2.05) is 18.3 Å². The molecule has 0 amide bonds. The van der Waals surface area contributed by atoms with Crippen molar-refractivity contribution in [3.05, 3.63) is 70.6 Å². The summed E-state index contributed by atoms with van der Waals surface area (Å²) in [7, 11) is 2.01. The summed E-state index contributed by atoms with van der Waals surface area (Å²) in [5, 5.41) is 9.97. The summed E-state index contributed by atoms with van der Waals surface area (Å²) in [5.74, 6) is 0. The molecule has 3 rings (SSSR count). The standard InChI is InChI=1S/C18H18N2S/c1-14-5-3-6-15(11-14)12-19-20(2)13-17-8-4-7-16-9-10-21-18(16)17/h3-12H,13H2,1-2H3/b19-12-. The molecule has 0 N–H and O–H groups in total. The summed E-state index contributed by atoms with van der Waals surface area (Å²) in [4.78, 5) is 0. The summed E-state index contributed by atoms with van der Waals surface area (Å²) in [5.41, 5.74) is 3.72. The summed E-state index contributed by atoms with van der Waals surface area (Å²) < 4.78 is 1.36. The Labute approximate surface area is 129 Å². The Hall–Kier alpha value is -2.13. The van der Waals surface area contributed by atoms with Crippen LogP contribution in [-0.4, -0.2) is 18.3 Å². The zero-order valence-corrected chi connectivity index (χ0v) is 13.1. The molecule has 21 heavy (non-hydrogen) atoms.